The fourth-order valence-corrected chi connectivity index (χ4v) is 5.92. The molecule has 4 rings (SSSR count). The zero-order valence-corrected chi connectivity index (χ0v) is 22.2. The number of aliphatic carboxylic acids is 1. The van der Waals surface area contributed by atoms with E-state index in [4.69, 9.17) is 9.47 Å². The van der Waals surface area contributed by atoms with Gasteiger partial charge in [-0.3, -0.25) is 9.10 Å². The van der Waals surface area contributed by atoms with E-state index in [0.29, 0.717) is 6.07 Å². The van der Waals surface area contributed by atoms with Gasteiger partial charge < -0.3 is 14.6 Å². The summed E-state index contributed by atoms with van der Waals surface area (Å²) in [5.41, 5.74) is -3.35. The molecule has 1 aliphatic heterocycles. The zero-order chi connectivity index (χ0) is 29.6. The van der Waals surface area contributed by atoms with Gasteiger partial charge in [-0.25, -0.2) is 17.2 Å². The summed E-state index contributed by atoms with van der Waals surface area (Å²) in [7, 11) is -3.52. The van der Waals surface area contributed by atoms with E-state index in [2.05, 4.69) is 0 Å². The highest BCUT2D eigenvalue weighted by Gasteiger charge is 2.40. The van der Waals surface area contributed by atoms with E-state index >= 15 is 4.39 Å². The van der Waals surface area contributed by atoms with E-state index < -0.39 is 67.9 Å². The molecule has 214 valence electrons. The molecule has 0 aliphatic carbocycles. The maximum Gasteiger partial charge on any atom is 0.416 e. The Morgan fingerprint density at radius 2 is 1.80 bits per heavy atom. The third kappa shape index (κ3) is 5.42. The normalized spacial score (nSPS) is 15.8. The fourth-order valence-electron chi connectivity index (χ4n) is 4.37. The van der Waals surface area contributed by atoms with Crippen LogP contribution in [0.1, 0.15) is 25.8 Å². The number of benzene rings is 3. The lowest BCUT2D eigenvalue weighted by molar-refractivity contribution is -0.148. The van der Waals surface area contributed by atoms with Gasteiger partial charge in [0.2, 0.25) is 0 Å². The lowest BCUT2D eigenvalue weighted by Crippen LogP contribution is -2.46. The lowest BCUT2D eigenvalue weighted by Gasteiger charge is -2.38. The van der Waals surface area contributed by atoms with Crippen LogP contribution in [0.3, 0.4) is 0 Å². The van der Waals surface area contributed by atoms with Gasteiger partial charge in [0.05, 0.1) is 40.8 Å². The standard InChI is InChI=1S/C27H24F5NO6S/c1-26(2,25(34)35)13-17-14-33(40(36,37)18-6-4-5-16(12-18)27(30,31)32)20-11-15(7-9-21(20)39-17)23-19(28)8-10-22(38-3)24(23)29/h4-12,17H,13-14H2,1-3H3,(H,34,35)/t17-/m0/s1. The van der Waals surface area contributed by atoms with Crippen molar-refractivity contribution in [2.75, 3.05) is 18.0 Å². The minimum absolute atomic E-state index is 0.0690. The van der Waals surface area contributed by atoms with Crippen LogP contribution >= 0.6 is 0 Å². The number of halogens is 5. The Kier molecular flexibility index (Phi) is 7.48. The molecule has 1 heterocycles. The largest absolute Gasteiger partial charge is 0.494 e. The maximum atomic E-state index is 15.0. The molecule has 7 nitrogen and oxygen atoms in total. The Bertz CT molecular complexity index is 1570. The van der Waals surface area contributed by atoms with Crippen LogP contribution in [0.25, 0.3) is 11.1 Å². The van der Waals surface area contributed by atoms with Crippen LogP contribution in [-0.4, -0.2) is 39.3 Å². The molecule has 0 fully saturated rings. The van der Waals surface area contributed by atoms with Crippen molar-refractivity contribution in [3.05, 3.63) is 71.8 Å². The third-order valence-corrected chi connectivity index (χ3v) is 8.30. The molecule has 1 aliphatic rings. The van der Waals surface area contributed by atoms with Gasteiger partial charge in [-0.05, 0) is 61.9 Å². The molecule has 0 spiro atoms. The number of carbonyl (C=O) groups is 1. The molecule has 3 aromatic carbocycles. The van der Waals surface area contributed by atoms with Gasteiger partial charge in [-0.15, -0.1) is 0 Å². The molecule has 0 radical (unpaired) electrons. The predicted molar refractivity (Wildman–Crippen MR) is 135 cm³/mol. The van der Waals surface area contributed by atoms with Crippen LogP contribution in [0, 0.1) is 17.0 Å². The quantitative estimate of drug-likeness (QED) is 0.336. The van der Waals surface area contributed by atoms with Crippen LogP contribution in [0.5, 0.6) is 11.5 Å². The van der Waals surface area contributed by atoms with Crippen molar-refractivity contribution >= 4 is 21.7 Å². The molecule has 40 heavy (non-hydrogen) atoms. The summed E-state index contributed by atoms with van der Waals surface area (Å²) in [5.74, 6) is -3.53. The molecule has 0 unspecified atom stereocenters. The number of nitrogens with zero attached hydrogens (tertiary/aromatic N) is 1. The summed E-state index contributed by atoms with van der Waals surface area (Å²) in [6.07, 6.45) is -6.00. The second kappa shape index (κ2) is 10.3. The van der Waals surface area contributed by atoms with Crippen LogP contribution in [0.2, 0.25) is 0 Å². The first kappa shape index (κ1) is 29.1. The van der Waals surface area contributed by atoms with Gasteiger partial charge in [-0.1, -0.05) is 12.1 Å². The number of carboxylic acid groups (broad SMARTS) is 1. The number of carboxylic acids is 1. The van der Waals surface area contributed by atoms with Crippen molar-refractivity contribution in [3.8, 4) is 22.6 Å². The van der Waals surface area contributed by atoms with E-state index in [1.807, 2.05) is 0 Å². The number of hydrogen-bond acceptors (Lipinski definition) is 5. The average Bonchev–Trinajstić information content (AvgIpc) is 2.87. The van der Waals surface area contributed by atoms with E-state index in [-0.39, 0.29) is 29.2 Å². The maximum absolute atomic E-state index is 15.0. The summed E-state index contributed by atoms with van der Waals surface area (Å²) in [5, 5.41) is 9.56. The van der Waals surface area contributed by atoms with Crippen LogP contribution in [0.15, 0.2) is 59.5 Å². The molecule has 0 aromatic heterocycles. The molecule has 1 atom stereocenters. The summed E-state index contributed by atoms with van der Waals surface area (Å²) in [6.45, 7) is 2.35. The van der Waals surface area contributed by atoms with E-state index in [0.717, 1.165) is 40.7 Å². The minimum atomic E-state index is -4.82. The molecule has 0 saturated heterocycles. The first-order valence-corrected chi connectivity index (χ1v) is 13.3. The number of fused-ring (bicyclic) bond motifs is 1. The van der Waals surface area contributed by atoms with Crippen LogP contribution < -0.4 is 13.8 Å². The SMILES string of the molecule is COc1ccc(F)c(-c2ccc3c(c2)N(S(=O)(=O)c2cccc(C(F)(F)F)c2)C[C@H](CC(C)(C)C(=O)O)O3)c1F. The van der Waals surface area contributed by atoms with Crippen molar-refractivity contribution in [2.24, 2.45) is 5.41 Å². The second-order valence-corrected chi connectivity index (χ2v) is 11.7. The number of ether oxygens (including phenoxy) is 2. The van der Waals surface area contributed by atoms with Gasteiger partial charge in [0.15, 0.2) is 11.6 Å². The van der Waals surface area contributed by atoms with Gasteiger partial charge >= 0.3 is 12.1 Å². The van der Waals surface area contributed by atoms with Gasteiger partial charge in [-0.2, -0.15) is 13.2 Å². The molecule has 3 aromatic rings. The van der Waals surface area contributed by atoms with Gasteiger partial charge in [0.1, 0.15) is 17.7 Å². The second-order valence-electron chi connectivity index (χ2n) is 9.82. The van der Waals surface area contributed by atoms with E-state index in [9.17, 15) is 35.9 Å². The monoisotopic (exact) mass is 585 g/mol. The number of anilines is 1. The van der Waals surface area contributed by atoms with Crippen LogP contribution in [-0.2, 0) is 21.0 Å². The minimum Gasteiger partial charge on any atom is -0.494 e. The van der Waals surface area contributed by atoms with E-state index in [1.165, 1.54) is 33.1 Å². The van der Waals surface area contributed by atoms with Crippen molar-refractivity contribution in [1.29, 1.82) is 0 Å². The van der Waals surface area contributed by atoms with Crippen molar-refractivity contribution in [2.45, 2.75) is 37.4 Å². The lowest BCUT2D eigenvalue weighted by atomic mass is 9.86. The van der Waals surface area contributed by atoms with Gasteiger partial charge in [0.25, 0.3) is 10.0 Å². The molecule has 0 bridgehead atoms. The smallest absolute Gasteiger partial charge is 0.416 e. The highest BCUT2D eigenvalue weighted by molar-refractivity contribution is 7.92. The molecular weight excluding hydrogens is 561 g/mol. The Morgan fingerprint density at radius 3 is 2.42 bits per heavy atom. The number of sulfonamides is 1. The van der Waals surface area contributed by atoms with Crippen LogP contribution in [0.4, 0.5) is 27.6 Å². The molecule has 1 N–H and O–H groups in total. The molecule has 0 saturated carbocycles. The Hall–Kier alpha value is -3.87. The van der Waals surface area contributed by atoms with E-state index in [1.54, 1.807) is 0 Å². The Balaban J connectivity index is 1.89. The average molecular weight is 586 g/mol. The molecule has 0 amide bonds. The number of alkyl halides is 3. The van der Waals surface area contributed by atoms with Crippen molar-refractivity contribution in [3.63, 3.8) is 0 Å². The Labute approximate surface area is 226 Å². The summed E-state index contributed by atoms with van der Waals surface area (Å²) < 4.78 is 109. The van der Waals surface area contributed by atoms with Gasteiger partial charge in [0, 0.05) is 6.42 Å². The number of hydrogen-bond donors (Lipinski definition) is 1. The highest BCUT2D eigenvalue weighted by atomic mass is 32.2. The Morgan fingerprint density at radius 1 is 1.10 bits per heavy atom. The van der Waals surface area contributed by atoms with Crippen molar-refractivity contribution < 1.29 is 49.7 Å². The zero-order valence-electron chi connectivity index (χ0n) is 21.4. The topological polar surface area (TPSA) is 93.1 Å². The number of methoxy groups -OCH3 is 1. The molecular formula is C27H24F5NO6S. The summed E-state index contributed by atoms with van der Waals surface area (Å²) >= 11 is 0. The first-order chi connectivity index (χ1) is 18.6. The first-order valence-electron chi connectivity index (χ1n) is 11.8. The van der Waals surface area contributed by atoms with Crippen molar-refractivity contribution in [1.82, 2.24) is 0 Å². The summed E-state index contributed by atoms with van der Waals surface area (Å²) in [4.78, 5) is 11.0. The fraction of sp³-hybridized carbons (Fsp3) is 0.296. The third-order valence-electron chi connectivity index (χ3n) is 6.52. The predicted octanol–water partition coefficient (Wildman–Crippen LogP) is 6.12. The molecule has 13 heteroatoms. The highest BCUT2D eigenvalue weighted by Crippen LogP contribution is 2.43. The number of rotatable bonds is 7. The summed E-state index contributed by atoms with van der Waals surface area (Å²) in [6, 6.07) is 8.85.